The number of aromatic nitrogens is 1. The van der Waals surface area contributed by atoms with Crippen LogP contribution >= 0.6 is 11.6 Å². The highest BCUT2D eigenvalue weighted by atomic mass is 35.5. The molecule has 2 aromatic rings. The maximum absolute atomic E-state index is 13.5. The lowest BCUT2D eigenvalue weighted by molar-refractivity contribution is -0.385. The number of hydrogen-bond donors (Lipinski definition) is 0. The first-order valence-electron chi connectivity index (χ1n) is 4.79. The molecule has 0 saturated heterocycles. The minimum absolute atomic E-state index is 0.121. The standard InChI is InChI=1S/C11H6ClFN2O3/c12-7-4-8(6-14-5-7)18-11-9(13)2-1-3-10(11)15(16)17/h1-6H. The predicted molar refractivity (Wildman–Crippen MR) is 62.4 cm³/mol. The maximum Gasteiger partial charge on any atom is 0.314 e. The van der Waals surface area contributed by atoms with Crippen LogP contribution in [0.5, 0.6) is 11.5 Å². The van der Waals surface area contributed by atoms with E-state index in [0.29, 0.717) is 0 Å². The van der Waals surface area contributed by atoms with Crippen molar-refractivity contribution in [3.63, 3.8) is 0 Å². The Morgan fingerprint density at radius 2 is 2.17 bits per heavy atom. The van der Waals surface area contributed by atoms with Crippen molar-refractivity contribution in [3.8, 4) is 11.5 Å². The van der Waals surface area contributed by atoms with Crippen molar-refractivity contribution in [1.82, 2.24) is 4.98 Å². The van der Waals surface area contributed by atoms with E-state index in [4.69, 9.17) is 16.3 Å². The summed E-state index contributed by atoms with van der Waals surface area (Å²) in [6, 6.07) is 4.83. The molecule has 0 aliphatic heterocycles. The van der Waals surface area contributed by atoms with Gasteiger partial charge in [0.1, 0.15) is 5.75 Å². The molecule has 0 fully saturated rings. The number of pyridine rings is 1. The van der Waals surface area contributed by atoms with Crippen molar-refractivity contribution in [2.75, 3.05) is 0 Å². The van der Waals surface area contributed by atoms with Crippen LogP contribution in [0.4, 0.5) is 10.1 Å². The van der Waals surface area contributed by atoms with Crippen LogP contribution in [0, 0.1) is 15.9 Å². The van der Waals surface area contributed by atoms with Crippen LogP contribution in [0.15, 0.2) is 36.7 Å². The molecule has 0 N–H and O–H groups in total. The van der Waals surface area contributed by atoms with Gasteiger partial charge in [-0.3, -0.25) is 15.1 Å². The molecule has 2 rings (SSSR count). The van der Waals surface area contributed by atoms with Crippen LogP contribution in [0.25, 0.3) is 0 Å². The molecular weight excluding hydrogens is 263 g/mol. The highest BCUT2D eigenvalue weighted by Crippen LogP contribution is 2.33. The average molecular weight is 269 g/mol. The third-order valence-electron chi connectivity index (χ3n) is 2.04. The van der Waals surface area contributed by atoms with Gasteiger partial charge in [0.2, 0.25) is 5.75 Å². The monoisotopic (exact) mass is 268 g/mol. The minimum atomic E-state index is -0.829. The number of ether oxygens (including phenoxy) is 1. The molecule has 0 aliphatic rings. The Balaban J connectivity index is 2.42. The molecule has 0 atom stereocenters. The van der Waals surface area contributed by atoms with Gasteiger partial charge >= 0.3 is 5.69 Å². The summed E-state index contributed by atoms with van der Waals surface area (Å²) >= 11 is 5.68. The first-order chi connectivity index (χ1) is 8.58. The normalized spacial score (nSPS) is 10.1. The molecule has 1 heterocycles. The molecule has 0 spiro atoms. The zero-order chi connectivity index (χ0) is 13.1. The molecule has 7 heteroatoms. The van der Waals surface area contributed by atoms with E-state index in [1.165, 1.54) is 24.5 Å². The van der Waals surface area contributed by atoms with Crippen LogP contribution in [-0.4, -0.2) is 9.91 Å². The predicted octanol–water partition coefficient (Wildman–Crippen LogP) is 3.57. The Labute approximate surface area is 106 Å². The van der Waals surface area contributed by atoms with Gasteiger partial charge in [0.25, 0.3) is 0 Å². The van der Waals surface area contributed by atoms with Crippen molar-refractivity contribution in [2.24, 2.45) is 0 Å². The fourth-order valence-electron chi connectivity index (χ4n) is 1.31. The third-order valence-corrected chi connectivity index (χ3v) is 2.25. The summed E-state index contributed by atoms with van der Waals surface area (Å²) in [5, 5.41) is 11.0. The molecule has 1 aromatic heterocycles. The van der Waals surface area contributed by atoms with Gasteiger partial charge in [0, 0.05) is 18.3 Å². The summed E-state index contributed by atoms with van der Waals surface area (Å²) in [6.45, 7) is 0. The smallest absolute Gasteiger partial charge is 0.314 e. The Hall–Kier alpha value is -2.21. The quantitative estimate of drug-likeness (QED) is 0.630. The Morgan fingerprint density at radius 1 is 1.39 bits per heavy atom. The summed E-state index contributed by atoms with van der Waals surface area (Å²) in [5.41, 5.74) is -0.463. The van der Waals surface area contributed by atoms with Gasteiger partial charge in [0.15, 0.2) is 5.82 Å². The molecule has 0 unspecified atom stereocenters. The topological polar surface area (TPSA) is 65.3 Å². The highest BCUT2D eigenvalue weighted by molar-refractivity contribution is 6.30. The van der Waals surface area contributed by atoms with E-state index in [-0.39, 0.29) is 10.8 Å². The second kappa shape index (κ2) is 4.97. The van der Waals surface area contributed by atoms with E-state index < -0.39 is 22.2 Å². The largest absolute Gasteiger partial charge is 0.445 e. The molecule has 0 bridgehead atoms. The molecule has 0 aliphatic carbocycles. The lowest BCUT2D eigenvalue weighted by Crippen LogP contribution is -1.96. The summed E-state index contributed by atoms with van der Waals surface area (Å²) in [5.74, 6) is -1.17. The van der Waals surface area contributed by atoms with Gasteiger partial charge in [-0.1, -0.05) is 17.7 Å². The van der Waals surface area contributed by atoms with Crippen LogP contribution in [0.1, 0.15) is 0 Å². The minimum Gasteiger partial charge on any atom is -0.445 e. The third kappa shape index (κ3) is 2.54. The van der Waals surface area contributed by atoms with Gasteiger partial charge in [-0.15, -0.1) is 0 Å². The number of benzene rings is 1. The number of halogens is 2. The van der Waals surface area contributed by atoms with Crippen LogP contribution < -0.4 is 4.74 Å². The van der Waals surface area contributed by atoms with Crippen molar-refractivity contribution in [1.29, 1.82) is 0 Å². The molecule has 0 saturated carbocycles. The summed E-state index contributed by atoms with van der Waals surface area (Å²) in [7, 11) is 0. The fraction of sp³-hybridized carbons (Fsp3) is 0. The Bertz CT molecular complexity index is 607. The van der Waals surface area contributed by atoms with Gasteiger partial charge < -0.3 is 4.74 Å². The zero-order valence-electron chi connectivity index (χ0n) is 8.84. The first kappa shape index (κ1) is 12.3. The lowest BCUT2D eigenvalue weighted by Gasteiger charge is -2.06. The summed E-state index contributed by atoms with van der Waals surface area (Å²) in [6.07, 6.45) is 2.65. The number of nitro benzene ring substituents is 1. The molecule has 0 amide bonds. The summed E-state index contributed by atoms with van der Waals surface area (Å²) < 4.78 is 18.6. The maximum atomic E-state index is 13.5. The number of rotatable bonds is 3. The molecule has 92 valence electrons. The zero-order valence-corrected chi connectivity index (χ0v) is 9.60. The van der Waals surface area contributed by atoms with Crippen molar-refractivity contribution >= 4 is 17.3 Å². The number of hydrogen-bond acceptors (Lipinski definition) is 4. The Morgan fingerprint density at radius 3 is 2.83 bits per heavy atom. The molecule has 5 nitrogen and oxygen atoms in total. The molecule has 18 heavy (non-hydrogen) atoms. The Kier molecular flexibility index (Phi) is 3.38. The van der Waals surface area contributed by atoms with Crippen LogP contribution in [0.2, 0.25) is 5.02 Å². The van der Waals surface area contributed by atoms with Crippen molar-refractivity contribution in [3.05, 3.63) is 57.6 Å². The van der Waals surface area contributed by atoms with Gasteiger partial charge in [-0.05, 0) is 6.07 Å². The number of para-hydroxylation sites is 1. The van der Waals surface area contributed by atoms with Crippen LogP contribution in [0.3, 0.4) is 0 Å². The van der Waals surface area contributed by atoms with E-state index >= 15 is 0 Å². The van der Waals surface area contributed by atoms with Gasteiger partial charge in [-0.2, -0.15) is 0 Å². The van der Waals surface area contributed by atoms with Crippen molar-refractivity contribution < 1.29 is 14.1 Å². The fourth-order valence-corrected chi connectivity index (χ4v) is 1.47. The van der Waals surface area contributed by atoms with Crippen LogP contribution in [-0.2, 0) is 0 Å². The summed E-state index contributed by atoms with van der Waals surface area (Å²) in [4.78, 5) is 13.8. The molecule has 0 radical (unpaired) electrons. The van der Waals surface area contributed by atoms with E-state index in [0.717, 1.165) is 12.1 Å². The second-order valence-corrected chi connectivity index (χ2v) is 3.72. The number of nitrogens with zero attached hydrogens (tertiary/aromatic N) is 2. The SMILES string of the molecule is O=[N+]([O-])c1cccc(F)c1Oc1cncc(Cl)c1. The van der Waals surface area contributed by atoms with Gasteiger partial charge in [0.05, 0.1) is 16.1 Å². The molecular formula is C11H6ClFN2O3. The molecule has 1 aromatic carbocycles. The average Bonchev–Trinajstić information content (AvgIpc) is 2.31. The van der Waals surface area contributed by atoms with Crippen molar-refractivity contribution in [2.45, 2.75) is 0 Å². The highest BCUT2D eigenvalue weighted by Gasteiger charge is 2.20. The van der Waals surface area contributed by atoms with Gasteiger partial charge in [-0.25, -0.2) is 4.39 Å². The van der Waals surface area contributed by atoms with E-state index in [2.05, 4.69) is 4.98 Å². The van der Waals surface area contributed by atoms with E-state index in [1.54, 1.807) is 0 Å². The van der Waals surface area contributed by atoms with E-state index in [1.807, 2.05) is 0 Å². The van der Waals surface area contributed by atoms with E-state index in [9.17, 15) is 14.5 Å². The number of nitro groups is 1. The lowest BCUT2D eigenvalue weighted by atomic mass is 10.3. The first-order valence-corrected chi connectivity index (χ1v) is 5.17. The second-order valence-electron chi connectivity index (χ2n) is 3.29.